The van der Waals surface area contributed by atoms with Gasteiger partial charge in [0.25, 0.3) is 0 Å². The van der Waals surface area contributed by atoms with Crippen molar-refractivity contribution in [2.24, 2.45) is 5.10 Å². The number of aliphatic hydroxyl groups excluding tert-OH is 1. The van der Waals surface area contributed by atoms with Gasteiger partial charge in [-0.25, -0.2) is 4.39 Å². The van der Waals surface area contributed by atoms with Gasteiger partial charge in [0, 0.05) is 29.9 Å². The molecule has 0 aliphatic carbocycles. The smallest absolute Gasteiger partial charge is 0.233 e. The maximum absolute atomic E-state index is 13.1. The lowest BCUT2D eigenvalue weighted by Crippen LogP contribution is -2.48. The Morgan fingerprint density at radius 3 is 2.66 bits per heavy atom. The second kappa shape index (κ2) is 10.7. The maximum atomic E-state index is 13.1. The van der Waals surface area contributed by atoms with Gasteiger partial charge in [-0.15, -0.1) is 10.2 Å². The summed E-state index contributed by atoms with van der Waals surface area (Å²) in [5, 5.41) is 25.3. The third-order valence-electron chi connectivity index (χ3n) is 3.67. The molecule has 1 aromatic heterocycles. The van der Waals surface area contributed by atoms with Gasteiger partial charge in [0.1, 0.15) is 30.9 Å². The Kier molecular flexibility index (Phi) is 8.29. The molecule has 0 radical (unpaired) electrons. The molecule has 0 spiro atoms. The van der Waals surface area contributed by atoms with E-state index in [1.807, 2.05) is 27.7 Å². The van der Waals surface area contributed by atoms with Gasteiger partial charge in [0.15, 0.2) is 5.82 Å². The van der Waals surface area contributed by atoms with Gasteiger partial charge in [-0.05, 0) is 45.9 Å². The first-order valence-corrected chi connectivity index (χ1v) is 9.28. The van der Waals surface area contributed by atoms with E-state index in [1.165, 1.54) is 12.1 Å². The molecule has 0 saturated heterocycles. The van der Waals surface area contributed by atoms with Crippen molar-refractivity contribution in [3.05, 3.63) is 42.2 Å². The number of aromatic nitrogens is 2. The molecule has 1 heterocycles. The van der Waals surface area contributed by atoms with Gasteiger partial charge in [-0.2, -0.15) is 5.10 Å². The Morgan fingerprint density at radius 2 is 2.00 bits per heavy atom. The van der Waals surface area contributed by atoms with Gasteiger partial charge in [0.05, 0.1) is 0 Å². The second-order valence-electron chi connectivity index (χ2n) is 7.40. The third-order valence-corrected chi connectivity index (χ3v) is 3.67. The molecule has 29 heavy (non-hydrogen) atoms. The highest BCUT2D eigenvalue weighted by molar-refractivity contribution is 5.79. The lowest BCUT2D eigenvalue weighted by Gasteiger charge is -2.27. The van der Waals surface area contributed by atoms with Crippen LogP contribution in [0.25, 0.3) is 0 Å². The van der Waals surface area contributed by atoms with Crippen LogP contribution < -0.4 is 20.2 Å². The fourth-order valence-corrected chi connectivity index (χ4v) is 2.13. The van der Waals surface area contributed by atoms with Crippen molar-refractivity contribution in [2.75, 3.05) is 25.2 Å². The Morgan fingerprint density at radius 1 is 1.21 bits per heavy atom. The first-order chi connectivity index (χ1) is 13.7. The minimum Gasteiger partial charge on any atom is -0.491 e. The summed E-state index contributed by atoms with van der Waals surface area (Å²) in [6, 6.07) is 9.23. The van der Waals surface area contributed by atoms with Crippen LogP contribution in [0.2, 0.25) is 0 Å². The molecular formula is C20H28FN5O3. The summed E-state index contributed by atoms with van der Waals surface area (Å²) in [4.78, 5) is 0. The predicted octanol–water partition coefficient (Wildman–Crippen LogP) is 2.61. The fraction of sp³-hybridized carbons (Fsp3) is 0.450. The van der Waals surface area contributed by atoms with Gasteiger partial charge in [-0.1, -0.05) is 6.07 Å². The highest BCUT2D eigenvalue weighted by Crippen LogP contribution is 2.13. The van der Waals surface area contributed by atoms with Crippen molar-refractivity contribution in [2.45, 2.75) is 39.3 Å². The number of hydrazone groups is 1. The van der Waals surface area contributed by atoms with Crippen LogP contribution in [-0.4, -0.2) is 52.4 Å². The van der Waals surface area contributed by atoms with E-state index < -0.39 is 11.6 Å². The number of ether oxygens (including phenoxy) is 2. The highest BCUT2D eigenvalue weighted by Gasteiger charge is 2.20. The summed E-state index contributed by atoms with van der Waals surface area (Å²) in [6.45, 7) is 8.28. The molecule has 0 amide bonds. The van der Waals surface area contributed by atoms with E-state index in [-0.39, 0.29) is 19.0 Å². The number of halogens is 1. The Bertz CT molecular complexity index is 795. The molecule has 0 saturated carbocycles. The number of nitrogens with one attached hydrogen (secondary N) is 2. The number of rotatable bonds is 11. The normalized spacial score (nSPS) is 12.2. The van der Waals surface area contributed by atoms with Crippen molar-refractivity contribution in [3.8, 4) is 11.6 Å². The van der Waals surface area contributed by atoms with Gasteiger partial charge in [0.2, 0.25) is 5.88 Å². The standard InChI is InChI=1S/C20H28FN5O3/c1-14(2)23-24-18-8-9-19(26-25-18)29-13-20(3,4)22-11-16(27)12-28-17-7-5-6-15(21)10-17/h5-10,16,22,27H,11-13H2,1-4H3,(H,24,25). The van der Waals surface area contributed by atoms with Crippen molar-refractivity contribution in [1.82, 2.24) is 15.5 Å². The largest absolute Gasteiger partial charge is 0.491 e. The number of β-amino-alcohol motifs (C(OH)–C–C–N with tert-alkyl or cyclic N) is 1. The van der Waals surface area contributed by atoms with Crippen LogP contribution in [0.15, 0.2) is 41.5 Å². The summed E-state index contributed by atoms with van der Waals surface area (Å²) in [5.41, 5.74) is 3.24. The fourth-order valence-electron chi connectivity index (χ4n) is 2.13. The number of hydrogen-bond acceptors (Lipinski definition) is 8. The first kappa shape index (κ1) is 22.5. The topological polar surface area (TPSA) is 101 Å². The van der Waals surface area contributed by atoms with Crippen molar-refractivity contribution in [1.29, 1.82) is 0 Å². The van der Waals surface area contributed by atoms with Crippen LogP contribution in [0.1, 0.15) is 27.7 Å². The molecule has 0 fully saturated rings. The lowest BCUT2D eigenvalue weighted by atomic mass is 10.1. The lowest BCUT2D eigenvalue weighted by molar-refractivity contribution is 0.0921. The van der Waals surface area contributed by atoms with E-state index in [4.69, 9.17) is 9.47 Å². The van der Waals surface area contributed by atoms with Gasteiger partial charge < -0.3 is 19.9 Å². The maximum Gasteiger partial charge on any atom is 0.233 e. The number of benzene rings is 1. The molecule has 0 aliphatic rings. The molecule has 1 atom stereocenters. The molecule has 1 unspecified atom stereocenters. The van der Waals surface area contributed by atoms with E-state index in [2.05, 4.69) is 26.0 Å². The van der Waals surface area contributed by atoms with Crippen LogP contribution >= 0.6 is 0 Å². The zero-order valence-corrected chi connectivity index (χ0v) is 17.1. The van der Waals surface area contributed by atoms with Crippen molar-refractivity contribution < 1.29 is 19.0 Å². The van der Waals surface area contributed by atoms with E-state index in [0.717, 1.165) is 5.71 Å². The number of nitrogens with zero attached hydrogens (tertiary/aromatic N) is 3. The summed E-state index contributed by atoms with van der Waals surface area (Å²) >= 11 is 0. The molecule has 1 aromatic carbocycles. The molecular weight excluding hydrogens is 377 g/mol. The molecule has 9 heteroatoms. The quantitative estimate of drug-likeness (QED) is 0.390. The molecule has 0 bridgehead atoms. The van der Waals surface area contributed by atoms with Crippen molar-refractivity contribution >= 4 is 11.5 Å². The summed E-state index contributed by atoms with van der Waals surface area (Å²) in [7, 11) is 0. The molecule has 2 aromatic rings. The van der Waals surface area contributed by atoms with Crippen LogP contribution in [0.5, 0.6) is 11.6 Å². The monoisotopic (exact) mass is 405 g/mol. The summed E-state index contributed by atoms with van der Waals surface area (Å²) < 4.78 is 24.2. The minimum absolute atomic E-state index is 0.0487. The number of anilines is 1. The second-order valence-corrected chi connectivity index (χ2v) is 7.40. The number of aliphatic hydroxyl groups is 1. The summed E-state index contributed by atoms with van der Waals surface area (Å²) in [6.07, 6.45) is -0.759. The van der Waals surface area contributed by atoms with E-state index in [1.54, 1.807) is 24.3 Å². The molecule has 2 rings (SSSR count). The van der Waals surface area contributed by atoms with Crippen LogP contribution in [0, 0.1) is 5.82 Å². The Hall–Kier alpha value is -2.78. The van der Waals surface area contributed by atoms with Crippen LogP contribution in [-0.2, 0) is 0 Å². The van der Waals surface area contributed by atoms with Crippen molar-refractivity contribution in [3.63, 3.8) is 0 Å². The van der Waals surface area contributed by atoms with E-state index in [9.17, 15) is 9.50 Å². The van der Waals surface area contributed by atoms with Gasteiger partial charge >= 0.3 is 0 Å². The molecule has 158 valence electrons. The molecule has 8 nitrogen and oxygen atoms in total. The third kappa shape index (κ3) is 8.84. The Labute approximate surface area is 170 Å². The van der Waals surface area contributed by atoms with Crippen LogP contribution in [0.4, 0.5) is 10.2 Å². The Balaban J connectivity index is 1.72. The average molecular weight is 405 g/mol. The van der Waals surface area contributed by atoms with Gasteiger partial charge in [-0.3, -0.25) is 5.43 Å². The SMILES string of the molecule is CC(C)=NNc1ccc(OCC(C)(C)NCC(O)COc2cccc(F)c2)nn1. The zero-order chi connectivity index (χ0) is 21.3. The van der Waals surface area contributed by atoms with E-state index in [0.29, 0.717) is 24.1 Å². The molecule has 3 N–H and O–H groups in total. The van der Waals surface area contributed by atoms with Crippen LogP contribution in [0.3, 0.4) is 0 Å². The minimum atomic E-state index is -0.759. The average Bonchev–Trinajstić information content (AvgIpc) is 2.68. The zero-order valence-electron chi connectivity index (χ0n) is 17.1. The molecule has 0 aliphatic heterocycles. The van der Waals surface area contributed by atoms with E-state index >= 15 is 0 Å². The number of hydrogen-bond donors (Lipinski definition) is 3. The predicted molar refractivity (Wildman–Crippen MR) is 110 cm³/mol. The summed E-state index contributed by atoms with van der Waals surface area (Å²) in [5.74, 6) is 0.909. The first-order valence-electron chi connectivity index (χ1n) is 9.28. The highest BCUT2D eigenvalue weighted by atomic mass is 19.1.